The van der Waals surface area contributed by atoms with E-state index in [4.69, 9.17) is 9.79 Å². The van der Waals surface area contributed by atoms with Crippen molar-refractivity contribution in [1.29, 1.82) is 5.26 Å². The fourth-order valence-corrected chi connectivity index (χ4v) is 1.89. The maximum Gasteiger partial charge on any atom is 0.103 e. The lowest BCUT2D eigenvalue weighted by atomic mass is 10.5. The first-order chi connectivity index (χ1) is 5.22. The summed E-state index contributed by atoms with van der Waals surface area (Å²) in [6, 6.07) is 2.04. The second-order valence-electron chi connectivity index (χ2n) is 2.38. The van der Waals surface area contributed by atoms with Crippen LogP contribution in [-0.2, 0) is 4.52 Å². The van der Waals surface area contributed by atoms with E-state index in [1.165, 1.54) is 0 Å². The van der Waals surface area contributed by atoms with Crippen molar-refractivity contribution in [2.45, 2.75) is 25.9 Å². The van der Waals surface area contributed by atoms with Gasteiger partial charge in [-0.1, -0.05) is 13.8 Å². The minimum absolute atomic E-state index is 0.479. The predicted octanol–water partition coefficient (Wildman–Crippen LogP) is 1.86. The van der Waals surface area contributed by atoms with E-state index in [1.54, 1.807) is 0 Å². The third kappa shape index (κ3) is 5.15. The molecule has 0 rings (SSSR count). The summed E-state index contributed by atoms with van der Waals surface area (Å²) in [5.74, 6) is 0. The minimum Gasteiger partial charge on any atom is -0.342 e. The van der Waals surface area contributed by atoms with E-state index in [-0.39, 0.29) is 0 Å². The Balaban J connectivity index is 3.46. The van der Waals surface area contributed by atoms with Gasteiger partial charge >= 0.3 is 0 Å². The number of nitriles is 1. The second-order valence-corrected chi connectivity index (χ2v) is 4.77. The zero-order valence-corrected chi connectivity index (χ0v) is 8.19. The van der Waals surface area contributed by atoms with E-state index >= 15 is 0 Å². The van der Waals surface area contributed by atoms with E-state index in [1.807, 2.05) is 13.1 Å². The molecule has 0 aliphatic rings. The number of hydrogen-bond donors (Lipinski definition) is 1. The molecule has 1 unspecified atom stereocenters. The van der Waals surface area contributed by atoms with Crippen molar-refractivity contribution in [2.24, 2.45) is 0 Å². The van der Waals surface area contributed by atoms with Gasteiger partial charge in [0.25, 0.3) is 0 Å². The van der Waals surface area contributed by atoms with Crippen LogP contribution in [-0.4, -0.2) is 19.3 Å². The normalized spacial score (nSPS) is 13.0. The van der Waals surface area contributed by atoms with Gasteiger partial charge in [0.2, 0.25) is 0 Å². The highest BCUT2D eigenvalue weighted by atomic mass is 31.2. The molecule has 0 fully saturated rings. The van der Waals surface area contributed by atoms with Crippen molar-refractivity contribution in [3.05, 3.63) is 0 Å². The molecule has 0 aromatic carbocycles. The largest absolute Gasteiger partial charge is 0.342 e. The average molecular weight is 174 g/mol. The van der Waals surface area contributed by atoms with Crippen LogP contribution >= 0.6 is 8.30 Å². The molecule has 3 nitrogen and oxygen atoms in total. The van der Waals surface area contributed by atoms with Gasteiger partial charge < -0.3 is 4.52 Å². The van der Waals surface area contributed by atoms with E-state index in [0.717, 1.165) is 0 Å². The quantitative estimate of drug-likeness (QED) is 0.511. The first kappa shape index (κ1) is 10.8. The Bertz CT molecular complexity index is 133. The monoisotopic (exact) mass is 174 g/mol. The molecule has 0 aliphatic heterocycles. The molecule has 1 atom stereocenters. The van der Waals surface area contributed by atoms with E-state index in [2.05, 4.69) is 18.9 Å². The molecule has 1 N–H and O–H groups in total. The van der Waals surface area contributed by atoms with Gasteiger partial charge in [0.1, 0.15) is 8.30 Å². The standard InChI is InChI=1S/C7H15N2OP/c1-7(2)11(9-3)10-6-4-5-8/h7,9H,4,6H2,1-3H3. The van der Waals surface area contributed by atoms with Crippen molar-refractivity contribution in [2.75, 3.05) is 13.7 Å². The van der Waals surface area contributed by atoms with Crippen LogP contribution in [0.15, 0.2) is 0 Å². The summed E-state index contributed by atoms with van der Waals surface area (Å²) in [6.07, 6.45) is 0.479. The summed E-state index contributed by atoms with van der Waals surface area (Å²) in [6.45, 7) is 4.75. The molecule has 0 saturated carbocycles. The third-order valence-corrected chi connectivity index (χ3v) is 2.97. The van der Waals surface area contributed by atoms with Gasteiger partial charge in [-0.2, -0.15) is 5.26 Å². The third-order valence-electron chi connectivity index (χ3n) is 1.13. The SMILES string of the molecule is CNP(OCCC#N)C(C)C. The molecule has 0 aliphatic carbocycles. The molecule has 11 heavy (non-hydrogen) atoms. The van der Waals surface area contributed by atoms with Gasteiger partial charge in [-0.05, 0) is 7.05 Å². The van der Waals surface area contributed by atoms with Gasteiger partial charge in [-0.15, -0.1) is 0 Å². The number of hydrogen-bond acceptors (Lipinski definition) is 3. The van der Waals surface area contributed by atoms with E-state index in [9.17, 15) is 0 Å². The summed E-state index contributed by atoms with van der Waals surface area (Å²) in [4.78, 5) is 0. The predicted molar refractivity (Wildman–Crippen MR) is 47.3 cm³/mol. The van der Waals surface area contributed by atoms with Crippen LogP contribution in [0.25, 0.3) is 0 Å². The van der Waals surface area contributed by atoms with Gasteiger partial charge in [-0.25, -0.2) is 0 Å². The van der Waals surface area contributed by atoms with Crippen molar-refractivity contribution in [3.63, 3.8) is 0 Å². The Kier molecular flexibility index (Phi) is 6.45. The summed E-state index contributed by atoms with van der Waals surface area (Å²) >= 11 is 0. The highest BCUT2D eigenvalue weighted by Crippen LogP contribution is 2.36. The number of rotatable bonds is 5. The van der Waals surface area contributed by atoms with Gasteiger partial charge in [0.05, 0.1) is 19.1 Å². The Morgan fingerprint density at radius 3 is 2.64 bits per heavy atom. The lowest BCUT2D eigenvalue weighted by molar-refractivity contribution is 0.354. The Morgan fingerprint density at radius 1 is 1.64 bits per heavy atom. The smallest absolute Gasteiger partial charge is 0.103 e. The van der Waals surface area contributed by atoms with Crippen molar-refractivity contribution >= 4 is 8.30 Å². The van der Waals surface area contributed by atoms with Gasteiger partial charge in [0.15, 0.2) is 0 Å². The van der Waals surface area contributed by atoms with Crippen LogP contribution in [0, 0.1) is 11.3 Å². The topological polar surface area (TPSA) is 45.0 Å². The maximum atomic E-state index is 8.25. The van der Waals surface area contributed by atoms with Gasteiger partial charge in [0, 0.05) is 5.66 Å². The highest BCUT2D eigenvalue weighted by molar-refractivity contribution is 7.51. The van der Waals surface area contributed by atoms with Crippen molar-refractivity contribution < 1.29 is 4.52 Å². The average Bonchev–Trinajstić information content (AvgIpc) is 1.97. The first-order valence-electron chi connectivity index (χ1n) is 3.68. The van der Waals surface area contributed by atoms with Crippen molar-refractivity contribution in [1.82, 2.24) is 5.09 Å². The second kappa shape index (κ2) is 6.54. The molecule has 0 saturated heterocycles. The molecular formula is C7H15N2OP. The van der Waals surface area contributed by atoms with Crippen LogP contribution in [0.5, 0.6) is 0 Å². The fraction of sp³-hybridized carbons (Fsp3) is 0.857. The molecule has 0 spiro atoms. The first-order valence-corrected chi connectivity index (χ1v) is 5.01. The number of nitrogens with one attached hydrogen (secondary N) is 1. The zero-order chi connectivity index (χ0) is 8.69. The summed E-state index contributed by atoms with van der Waals surface area (Å²) in [5, 5.41) is 11.3. The lowest BCUT2D eigenvalue weighted by Crippen LogP contribution is -2.10. The molecule has 64 valence electrons. The summed E-state index contributed by atoms with van der Waals surface area (Å²) < 4.78 is 5.42. The lowest BCUT2D eigenvalue weighted by Gasteiger charge is -2.18. The zero-order valence-electron chi connectivity index (χ0n) is 7.29. The van der Waals surface area contributed by atoms with Crippen LogP contribution in [0.2, 0.25) is 0 Å². The Hall–Kier alpha value is -0.160. The maximum absolute atomic E-state index is 8.25. The van der Waals surface area contributed by atoms with Gasteiger partial charge in [-0.3, -0.25) is 5.09 Å². The van der Waals surface area contributed by atoms with Crippen LogP contribution in [0.3, 0.4) is 0 Å². The molecule has 0 heterocycles. The van der Waals surface area contributed by atoms with Crippen LogP contribution in [0.1, 0.15) is 20.3 Å². The Morgan fingerprint density at radius 2 is 2.27 bits per heavy atom. The molecule has 4 heteroatoms. The molecule has 0 aromatic rings. The summed E-state index contributed by atoms with van der Waals surface area (Å²) in [7, 11) is 1.36. The summed E-state index contributed by atoms with van der Waals surface area (Å²) in [5.41, 5.74) is 0.508. The van der Waals surface area contributed by atoms with Crippen LogP contribution in [0.4, 0.5) is 0 Å². The van der Waals surface area contributed by atoms with Crippen molar-refractivity contribution in [3.8, 4) is 6.07 Å². The fourth-order valence-electron chi connectivity index (χ4n) is 0.661. The number of nitrogens with zero attached hydrogens (tertiary/aromatic N) is 1. The minimum atomic E-state index is -0.530. The van der Waals surface area contributed by atoms with Crippen LogP contribution < -0.4 is 5.09 Å². The highest BCUT2D eigenvalue weighted by Gasteiger charge is 2.10. The Labute approximate surface area is 69.6 Å². The molecular weight excluding hydrogens is 159 g/mol. The molecule has 0 amide bonds. The van der Waals surface area contributed by atoms with E-state index < -0.39 is 8.30 Å². The molecule has 0 bridgehead atoms. The molecule has 0 aromatic heterocycles. The van der Waals surface area contributed by atoms with E-state index in [0.29, 0.717) is 18.7 Å². The molecule has 0 radical (unpaired) electrons.